The summed E-state index contributed by atoms with van der Waals surface area (Å²) in [6.07, 6.45) is 3.10. The minimum absolute atomic E-state index is 0.0140. The van der Waals surface area contributed by atoms with Crippen molar-refractivity contribution in [3.05, 3.63) is 35.9 Å². The molecule has 0 unspecified atom stereocenters. The molecule has 1 heterocycles. The first-order valence-electron chi connectivity index (χ1n) is 7.94. The molecule has 0 radical (unpaired) electrons. The smallest absolute Gasteiger partial charge is 0.242 e. The number of nitrogens with one attached hydrogen (secondary N) is 2. The molecule has 1 aliphatic rings. The van der Waals surface area contributed by atoms with Crippen LogP contribution in [0.3, 0.4) is 0 Å². The minimum Gasteiger partial charge on any atom is -0.347 e. The maximum absolute atomic E-state index is 12.3. The molecule has 1 aromatic rings. The summed E-state index contributed by atoms with van der Waals surface area (Å²) < 4.78 is 0. The molecule has 0 saturated carbocycles. The van der Waals surface area contributed by atoms with Crippen molar-refractivity contribution >= 4 is 11.8 Å². The van der Waals surface area contributed by atoms with Crippen LogP contribution in [0.2, 0.25) is 0 Å². The first-order valence-corrected chi connectivity index (χ1v) is 7.94. The Balaban J connectivity index is 1.90. The van der Waals surface area contributed by atoms with Crippen molar-refractivity contribution in [1.82, 2.24) is 15.5 Å². The molecule has 0 bridgehead atoms. The Hall–Kier alpha value is -1.88. The molecule has 1 atom stereocenters. The lowest BCUT2D eigenvalue weighted by atomic mass is 10.1. The predicted molar refractivity (Wildman–Crippen MR) is 86.4 cm³/mol. The van der Waals surface area contributed by atoms with Crippen molar-refractivity contribution in [3.8, 4) is 0 Å². The number of carbonyl (C=O) groups excluding carboxylic acids is 2. The van der Waals surface area contributed by atoms with E-state index in [0.717, 1.165) is 25.8 Å². The van der Waals surface area contributed by atoms with Crippen LogP contribution in [0, 0.1) is 0 Å². The van der Waals surface area contributed by atoms with Crippen LogP contribution in [0.5, 0.6) is 0 Å². The summed E-state index contributed by atoms with van der Waals surface area (Å²) in [5.74, 6) is -0.185. The molecule has 0 aliphatic carbocycles. The standard InChI is InChI=1S/C17H25N3O2/c1-14(21)19-12-17(22)20(13-16-8-5-10-18-16)11-9-15-6-3-2-4-7-15/h2-4,6-7,16,18H,5,8-13H2,1H3,(H,19,21)/t16-/m0/s1. The van der Waals surface area contributed by atoms with Crippen LogP contribution in [-0.4, -0.2) is 48.9 Å². The van der Waals surface area contributed by atoms with Gasteiger partial charge in [0.2, 0.25) is 11.8 Å². The Morgan fingerprint density at radius 1 is 1.32 bits per heavy atom. The van der Waals surface area contributed by atoms with Crippen molar-refractivity contribution in [2.24, 2.45) is 0 Å². The highest BCUT2D eigenvalue weighted by atomic mass is 16.2. The number of hydrogen-bond acceptors (Lipinski definition) is 3. The number of amides is 2. The van der Waals surface area contributed by atoms with Crippen LogP contribution in [0.25, 0.3) is 0 Å². The first kappa shape index (κ1) is 16.5. The van der Waals surface area contributed by atoms with Gasteiger partial charge in [-0.3, -0.25) is 9.59 Å². The van der Waals surface area contributed by atoms with Crippen molar-refractivity contribution in [2.75, 3.05) is 26.2 Å². The third kappa shape index (κ3) is 5.48. The number of carbonyl (C=O) groups is 2. The van der Waals surface area contributed by atoms with Gasteiger partial charge in [-0.15, -0.1) is 0 Å². The molecular weight excluding hydrogens is 278 g/mol. The zero-order valence-electron chi connectivity index (χ0n) is 13.2. The first-order chi connectivity index (χ1) is 10.6. The topological polar surface area (TPSA) is 61.4 Å². The molecule has 1 aliphatic heterocycles. The van der Waals surface area contributed by atoms with Crippen molar-refractivity contribution in [3.63, 3.8) is 0 Å². The number of benzene rings is 1. The highest BCUT2D eigenvalue weighted by Crippen LogP contribution is 2.09. The van der Waals surface area contributed by atoms with E-state index in [9.17, 15) is 9.59 Å². The normalized spacial score (nSPS) is 17.2. The summed E-state index contributed by atoms with van der Waals surface area (Å²) in [6, 6.07) is 10.5. The molecule has 1 saturated heterocycles. The quantitative estimate of drug-likeness (QED) is 0.788. The minimum atomic E-state index is -0.171. The van der Waals surface area contributed by atoms with Crippen LogP contribution in [0.4, 0.5) is 0 Å². The van der Waals surface area contributed by atoms with Gasteiger partial charge in [-0.1, -0.05) is 30.3 Å². The molecular formula is C17H25N3O2. The Bertz CT molecular complexity index is 484. The second-order valence-corrected chi connectivity index (χ2v) is 5.78. The maximum atomic E-state index is 12.3. The van der Waals surface area contributed by atoms with Gasteiger partial charge in [0.05, 0.1) is 6.54 Å². The van der Waals surface area contributed by atoms with Crippen molar-refractivity contribution in [1.29, 1.82) is 0 Å². The van der Waals surface area contributed by atoms with E-state index in [1.807, 2.05) is 23.1 Å². The Morgan fingerprint density at radius 3 is 2.73 bits per heavy atom. The highest BCUT2D eigenvalue weighted by Gasteiger charge is 2.21. The van der Waals surface area contributed by atoms with Crippen LogP contribution >= 0.6 is 0 Å². The average Bonchev–Trinajstić information content (AvgIpc) is 3.03. The van der Waals surface area contributed by atoms with E-state index in [1.54, 1.807) is 0 Å². The Labute approximate surface area is 132 Å². The molecule has 22 heavy (non-hydrogen) atoms. The largest absolute Gasteiger partial charge is 0.347 e. The molecule has 2 rings (SSSR count). The van der Waals surface area contributed by atoms with Gasteiger partial charge in [0, 0.05) is 26.1 Å². The summed E-state index contributed by atoms with van der Waals surface area (Å²) in [5, 5.41) is 6.02. The lowest BCUT2D eigenvalue weighted by molar-refractivity contribution is -0.132. The lowest BCUT2D eigenvalue weighted by Crippen LogP contribution is -2.46. The van der Waals surface area contributed by atoms with Crippen LogP contribution in [0.1, 0.15) is 25.3 Å². The monoisotopic (exact) mass is 303 g/mol. The second kappa shape index (κ2) is 8.54. The zero-order valence-corrected chi connectivity index (χ0v) is 13.2. The molecule has 5 heteroatoms. The summed E-state index contributed by atoms with van der Waals surface area (Å²) in [7, 11) is 0. The number of nitrogens with zero attached hydrogens (tertiary/aromatic N) is 1. The average molecular weight is 303 g/mol. The van der Waals surface area contributed by atoms with E-state index in [4.69, 9.17) is 0 Å². The third-order valence-electron chi connectivity index (χ3n) is 3.96. The van der Waals surface area contributed by atoms with Gasteiger partial charge in [-0.25, -0.2) is 0 Å². The highest BCUT2D eigenvalue weighted by molar-refractivity contribution is 5.83. The van der Waals surface area contributed by atoms with Gasteiger partial charge in [0.1, 0.15) is 0 Å². The molecule has 2 N–H and O–H groups in total. The summed E-state index contributed by atoms with van der Waals surface area (Å²) >= 11 is 0. The molecule has 120 valence electrons. The fourth-order valence-corrected chi connectivity index (χ4v) is 2.72. The Morgan fingerprint density at radius 2 is 2.09 bits per heavy atom. The second-order valence-electron chi connectivity index (χ2n) is 5.78. The van der Waals surface area contributed by atoms with Gasteiger partial charge in [0.25, 0.3) is 0 Å². The molecule has 0 spiro atoms. The van der Waals surface area contributed by atoms with E-state index in [1.165, 1.54) is 12.5 Å². The van der Waals surface area contributed by atoms with E-state index >= 15 is 0 Å². The fourth-order valence-electron chi connectivity index (χ4n) is 2.72. The number of hydrogen-bond donors (Lipinski definition) is 2. The van der Waals surface area contributed by atoms with E-state index in [-0.39, 0.29) is 18.4 Å². The molecule has 1 aromatic carbocycles. The summed E-state index contributed by atoms with van der Waals surface area (Å²) in [6.45, 7) is 3.93. The van der Waals surface area contributed by atoms with Crippen LogP contribution in [0.15, 0.2) is 30.3 Å². The summed E-state index contributed by atoms with van der Waals surface area (Å²) in [4.78, 5) is 25.2. The van der Waals surface area contributed by atoms with Crippen molar-refractivity contribution < 1.29 is 9.59 Å². The summed E-state index contributed by atoms with van der Waals surface area (Å²) in [5.41, 5.74) is 1.22. The third-order valence-corrected chi connectivity index (χ3v) is 3.96. The molecule has 2 amide bonds. The van der Waals surface area contributed by atoms with Crippen LogP contribution in [-0.2, 0) is 16.0 Å². The van der Waals surface area contributed by atoms with Gasteiger partial charge in [0.15, 0.2) is 0 Å². The molecule has 5 nitrogen and oxygen atoms in total. The van der Waals surface area contributed by atoms with E-state index in [0.29, 0.717) is 19.1 Å². The Kier molecular flexibility index (Phi) is 6.40. The van der Waals surface area contributed by atoms with E-state index in [2.05, 4.69) is 22.8 Å². The SMILES string of the molecule is CC(=O)NCC(=O)N(CCc1ccccc1)C[C@@H]1CCCN1. The van der Waals surface area contributed by atoms with Gasteiger partial charge < -0.3 is 15.5 Å². The van der Waals surface area contributed by atoms with Crippen LogP contribution < -0.4 is 10.6 Å². The van der Waals surface area contributed by atoms with Gasteiger partial charge in [-0.2, -0.15) is 0 Å². The fraction of sp³-hybridized carbons (Fsp3) is 0.529. The van der Waals surface area contributed by atoms with Gasteiger partial charge in [-0.05, 0) is 31.4 Å². The maximum Gasteiger partial charge on any atom is 0.242 e. The van der Waals surface area contributed by atoms with Gasteiger partial charge >= 0.3 is 0 Å². The molecule has 0 aromatic heterocycles. The lowest BCUT2D eigenvalue weighted by Gasteiger charge is -2.26. The predicted octanol–water partition coefficient (Wildman–Crippen LogP) is 0.946. The zero-order chi connectivity index (χ0) is 15.8. The van der Waals surface area contributed by atoms with Crippen molar-refractivity contribution in [2.45, 2.75) is 32.2 Å². The molecule has 1 fully saturated rings. The number of rotatable bonds is 7. The van der Waals surface area contributed by atoms with E-state index < -0.39 is 0 Å².